The van der Waals surface area contributed by atoms with E-state index in [4.69, 9.17) is 4.74 Å². The van der Waals surface area contributed by atoms with E-state index in [1.807, 2.05) is 0 Å². The van der Waals surface area contributed by atoms with E-state index in [-0.39, 0.29) is 12.0 Å². The van der Waals surface area contributed by atoms with Gasteiger partial charge >= 0.3 is 6.09 Å². The van der Waals surface area contributed by atoms with Crippen LogP contribution in [-0.2, 0) is 4.74 Å². The summed E-state index contributed by atoms with van der Waals surface area (Å²) in [5, 5.41) is 0. The van der Waals surface area contributed by atoms with Crippen molar-refractivity contribution < 1.29 is 14.3 Å². The van der Waals surface area contributed by atoms with Crippen molar-refractivity contribution in [2.75, 3.05) is 0 Å². The van der Waals surface area contributed by atoms with Gasteiger partial charge in [0.15, 0.2) is 0 Å². The highest BCUT2D eigenvalue weighted by molar-refractivity contribution is 5.94. The number of amides is 2. The topological polar surface area (TPSA) is 67.4 Å². The molecule has 0 spiro atoms. The Kier molecular flexibility index (Phi) is 4.32. The Morgan fingerprint density at radius 2 is 1.75 bits per heavy atom. The molecule has 0 aliphatic heterocycles. The molecule has 2 amide bonds. The summed E-state index contributed by atoms with van der Waals surface area (Å²) in [6, 6.07) is 8.57. The minimum atomic E-state index is -0.681. The number of rotatable bonds is 2. The predicted octanol–water partition coefficient (Wildman–Crippen LogP) is 1.47. The predicted molar refractivity (Wildman–Crippen MR) is 58.7 cm³/mol. The lowest BCUT2D eigenvalue weighted by molar-refractivity contribution is 0.0875. The van der Waals surface area contributed by atoms with Crippen LogP contribution in [0.1, 0.15) is 24.2 Å². The first-order valence-corrected chi connectivity index (χ1v) is 4.91. The summed E-state index contributed by atoms with van der Waals surface area (Å²) in [6.45, 7) is 3.44. The van der Waals surface area contributed by atoms with Gasteiger partial charge in [-0.2, -0.15) is 0 Å². The highest BCUT2D eigenvalue weighted by Gasteiger charge is 2.07. The molecule has 0 saturated carbocycles. The van der Waals surface area contributed by atoms with E-state index in [0.29, 0.717) is 5.56 Å². The monoisotopic (exact) mass is 222 g/mol. The lowest BCUT2D eigenvalue weighted by atomic mass is 10.2. The fourth-order valence-electron chi connectivity index (χ4n) is 1.01. The maximum Gasteiger partial charge on any atom is 0.426 e. The highest BCUT2D eigenvalue weighted by atomic mass is 16.6. The first kappa shape index (κ1) is 12.0. The molecular weight excluding hydrogens is 208 g/mol. The number of benzene rings is 1. The molecule has 5 nitrogen and oxygen atoms in total. The van der Waals surface area contributed by atoms with Crippen LogP contribution in [0.15, 0.2) is 30.3 Å². The minimum Gasteiger partial charge on any atom is -0.446 e. The van der Waals surface area contributed by atoms with Gasteiger partial charge in [-0.3, -0.25) is 10.2 Å². The van der Waals surface area contributed by atoms with E-state index in [0.717, 1.165) is 0 Å². The molecule has 0 aliphatic carbocycles. The van der Waals surface area contributed by atoms with Crippen molar-refractivity contribution in [3.8, 4) is 0 Å². The van der Waals surface area contributed by atoms with Crippen molar-refractivity contribution in [2.45, 2.75) is 20.0 Å². The molecule has 0 saturated heterocycles. The van der Waals surface area contributed by atoms with E-state index >= 15 is 0 Å². The van der Waals surface area contributed by atoms with Crippen LogP contribution in [0.25, 0.3) is 0 Å². The van der Waals surface area contributed by atoms with Gasteiger partial charge in [0.05, 0.1) is 6.10 Å². The zero-order chi connectivity index (χ0) is 12.0. The van der Waals surface area contributed by atoms with Gasteiger partial charge in [-0.05, 0) is 26.0 Å². The van der Waals surface area contributed by atoms with Crippen LogP contribution in [0.3, 0.4) is 0 Å². The summed E-state index contributed by atoms with van der Waals surface area (Å²) in [5.74, 6) is -0.388. The van der Waals surface area contributed by atoms with Crippen molar-refractivity contribution in [3.63, 3.8) is 0 Å². The first-order valence-electron chi connectivity index (χ1n) is 4.91. The Labute approximate surface area is 93.8 Å². The van der Waals surface area contributed by atoms with E-state index in [1.165, 1.54) is 0 Å². The maximum atomic E-state index is 11.5. The second-order valence-electron chi connectivity index (χ2n) is 3.40. The number of nitrogens with one attached hydrogen (secondary N) is 2. The molecule has 0 unspecified atom stereocenters. The number of hydrogen-bond donors (Lipinski definition) is 2. The smallest absolute Gasteiger partial charge is 0.426 e. The third kappa shape index (κ3) is 4.00. The van der Waals surface area contributed by atoms with Crippen LogP contribution in [0.2, 0.25) is 0 Å². The van der Waals surface area contributed by atoms with Crippen molar-refractivity contribution in [1.82, 2.24) is 10.9 Å². The van der Waals surface area contributed by atoms with E-state index < -0.39 is 6.09 Å². The molecule has 0 bridgehead atoms. The van der Waals surface area contributed by atoms with Crippen molar-refractivity contribution in [1.29, 1.82) is 0 Å². The van der Waals surface area contributed by atoms with Gasteiger partial charge in [0.1, 0.15) is 0 Å². The lowest BCUT2D eigenvalue weighted by Gasteiger charge is -2.10. The average molecular weight is 222 g/mol. The van der Waals surface area contributed by atoms with Crippen LogP contribution < -0.4 is 10.9 Å². The summed E-state index contributed by atoms with van der Waals surface area (Å²) >= 11 is 0. The third-order valence-electron chi connectivity index (χ3n) is 1.66. The van der Waals surface area contributed by atoms with Crippen LogP contribution in [0.5, 0.6) is 0 Å². The molecule has 1 aromatic carbocycles. The molecule has 2 N–H and O–H groups in total. The molecule has 16 heavy (non-hydrogen) atoms. The van der Waals surface area contributed by atoms with Crippen LogP contribution in [-0.4, -0.2) is 18.1 Å². The minimum absolute atomic E-state index is 0.228. The molecule has 0 aliphatic rings. The average Bonchev–Trinajstić information content (AvgIpc) is 2.26. The summed E-state index contributed by atoms with van der Waals surface area (Å²) < 4.78 is 4.77. The largest absolute Gasteiger partial charge is 0.446 e. The molecular formula is C11H14N2O3. The Balaban J connectivity index is 2.39. The quantitative estimate of drug-likeness (QED) is 0.744. The zero-order valence-electron chi connectivity index (χ0n) is 9.19. The molecule has 0 aromatic heterocycles. The third-order valence-corrected chi connectivity index (χ3v) is 1.66. The van der Waals surface area contributed by atoms with E-state index in [2.05, 4.69) is 10.9 Å². The number of hydrogen-bond acceptors (Lipinski definition) is 3. The summed E-state index contributed by atoms with van der Waals surface area (Å²) in [6.07, 6.45) is -0.909. The van der Waals surface area contributed by atoms with Crippen molar-refractivity contribution in [3.05, 3.63) is 35.9 Å². The standard InChI is InChI=1S/C11H14N2O3/c1-8(2)16-11(15)13-12-10(14)9-6-4-3-5-7-9/h3-8H,1-2H3,(H,12,14)(H,13,15). The maximum absolute atomic E-state index is 11.5. The van der Waals surface area contributed by atoms with Gasteiger partial charge in [0.2, 0.25) is 0 Å². The van der Waals surface area contributed by atoms with Gasteiger partial charge in [0.25, 0.3) is 5.91 Å². The Bertz CT molecular complexity index is 363. The second-order valence-corrected chi connectivity index (χ2v) is 3.40. The molecule has 5 heteroatoms. The number of hydrazine groups is 1. The van der Waals surface area contributed by atoms with Crippen LogP contribution in [0.4, 0.5) is 4.79 Å². The molecule has 86 valence electrons. The Hall–Kier alpha value is -2.04. The van der Waals surface area contributed by atoms with E-state index in [9.17, 15) is 9.59 Å². The summed E-state index contributed by atoms with van der Waals surface area (Å²) in [7, 11) is 0. The number of carbonyl (C=O) groups is 2. The lowest BCUT2D eigenvalue weighted by Crippen LogP contribution is -2.42. The summed E-state index contributed by atoms with van der Waals surface area (Å²) in [5.41, 5.74) is 4.86. The van der Waals surface area contributed by atoms with Gasteiger partial charge in [-0.25, -0.2) is 10.2 Å². The number of carbonyl (C=O) groups excluding carboxylic acids is 2. The normalized spacial score (nSPS) is 9.69. The van der Waals surface area contributed by atoms with Crippen molar-refractivity contribution >= 4 is 12.0 Å². The Morgan fingerprint density at radius 1 is 1.12 bits per heavy atom. The Morgan fingerprint density at radius 3 is 2.31 bits per heavy atom. The van der Waals surface area contributed by atoms with Crippen LogP contribution in [0, 0.1) is 0 Å². The van der Waals surface area contributed by atoms with Crippen molar-refractivity contribution in [2.24, 2.45) is 0 Å². The van der Waals surface area contributed by atoms with Gasteiger partial charge < -0.3 is 4.74 Å². The fraction of sp³-hybridized carbons (Fsp3) is 0.273. The molecule has 0 fully saturated rings. The molecule has 0 radical (unpaired) electrons. The number of ether oxygens (including phenoxy) is 1. The SMILES string of the molecule is CC(C)OC(=O)NNC(=O)c1ccccc1. The molecule has 0 atom stereocenters. The highest BCUT2D eigenvalue weighted by Crippen LogP contribution is 1.96. The first-order chi connectivity index (χ1) is 7.59. The second kappa shape index (κ2) is 5.75. The van der Waals surface area contributed by atoms with Crippen LogP contribution >= 0.6 is 0 Å². The van der Waals surface area contributed by atoms with E-state index in [1.54, 1.807) is 44.2 Å². The van der Waals surface area contributed by atoms with Gasteiger partial charge in [-0.15, -0.1) is 0 Å². The molecule has 1 aromatic rings. The van der Waals surface area contributed by atoms with Gasteiger partial charge in [-0.1, -0.05) is 18.2 Å². The summed E-state index contributed by atoms with van der Waals surface area (Å²) in [4.78, 5) is 22.5. The fourth-order valence-corrected chi connectivity index (χ4v) is 1.01. The van der Waals surface area contributed by atoms with Gasteiger partial charge in [0, 0.05) is 5.56 Å². The molecule has 1 rings (SSSR count). The molecule has 0 heterocycles. The zero-order valence-corrected chi connectivity index (χ0v) is 9.19.